The van der Waals surface area contributed by atoms with Gasteiger partial charge in [0.25, 0.3) is 0 Å². The van der Waals surface area contributed by atoms with Crippen molar-refractivity contribution >= 4 is 43.7 Å². The Kier molecular flexibility index (Phi) is 4.52. The van der Waals surface area contributed by atoms with Crippen LogP contribution in [0.1, 0.15) is 22.3 Å². The van der Waals surface area contributed by atoms with E-state index in [-0.39, 0.29) is 0 Å². The van der Waals surface area contributed by atoms with Crippen LogP contribution >= 0.6 is 0 Å². The van der Waals surface area contributed by atoms with Crippen LogP contribution in [0.15, 0.2) is 156 Å². The molecule has 0 N–H and O–H groups in total. The maximum Gasteiger partial charge on any atom is 0.156 e. The molecule has 0 bridgehead atoms. The van der Waals surface area contributed by atoms with E-state index in [4.69, 9.17) is 9.15 Å². The zero-order valence-corrected chi connectivity index (χ0v) is 24.7. The Labute approximate surface area is 264 Å². The third-order valence-corrected chi connectivity index (χ3v) is 10.3. The molecular formula is C43H25NO2. The molecule has 2 aromatic heterocycles. The maximum atomic E-state index is 7.10. The van der Waals surface area contributed by atoms with E-state index in [9.17, 15) is 0 Å². The number of hydrogen-bond acceptors (Lipinski definition) is 2. The highest BCUT2D eigenvalue weighted by Crippen LogP contribution is 2.63. The highest BCUT2D eigenvalue weighted by molar-refractivity contribution is 6.13. The largest absolute Gasteiger partial charge is 0.456 e. The summed E-state index contributed by atoms with van der Waals surface area (Å²) in [4.78, 5) is 0. The highest BCUT2D eigenvalue weighted by Gasteiger charge is 2.51. The molecule has 11 rings (SSSR count). The van der Waals surface area contributed by atoms with Gasteiger partial charge in [0.2, 0.25) is 0 Å². The minimum absolute atomic E-state index is 0.516. The van der Waals surface area contributed by atoms with E-state index in [2.05, 4.69) is 144 Å². The number of fused-ring (bicyclic) bond motifs is 16. The summed E-state index contributed by atoms with van der Waals surface area (Å²) in [6.45, 7) is 0. The summed E-state index contributed by atoms with van der Waals surface area (Å²) in [5.41, 5.74) is 12.0. The fourth-order valence-electron chi connectivity index (χ4n) is 8.48. The van der Waals surface area contributed by atoms with Gasteiger partial charge in [-0.1, -0.05) is 115 Å². The molecule has 1 aliphatic heterocycles. The average Bonchev–Trinajstić information content (AvgIpc) is 3.75. The number of furan rings is 1. The van der Waals surface area contributed by atoms with E-state index in [0.29, 0.717) is 0 Å². The third kappa shape index (κ3) is 2.84. The van der Waals surface area contributed by atoms with Crippen molar-refractivity contribution in [2.45, 2.75) is 5.41 Å². The van der Waals surface area contributed by atoms with Gasteiger partial charge in [0.1, 0.15) is 16.9 Å². The molecule has 7 aromatic carbocycles. The Hall–Kier alpha value is -6.06. The standard InChI is InChI=1S/C43H25NO2/c1-5-15-33-27(11-1)28-12-2-6-16-34(28)43(33)35-17-7-10-20-40(35)46-42-36(43)23-22-31-29-13-3-8-18-37(29)44(41(31)42)26-21-24-39-32(25-26)30-14-4-9-19-38(30)45-39/h1-25H. The van der Waals surface area contributed by atoms with Crippen LogP contribution < -0.4 is 4.74 Å². The number of aromatic nitrogens is 1. The normalized spacial score (nSPS) is 14.0. The Balaban J connectivity index is 1.31. The van der Waals surface area contributed by atoms with Crippen molar-refractivity contribution in [3.05, 3.63) is 174 Å². The van der Waals surface area contributed by atoms with Gasteiger partial charge in [-0.15, -0.1) is 0 Å². The molecule has 3 heterocycles. The summed E-state index contributed by atoms with van der Waals surface area (Å²) in [7, 11) is 0. The topological polar surface area (TPSA) is 27.3 Å². The molecular weight excluding hydrogens is 562 g/mol. The molecule has 0 saturated heterocycles. The zero-order valence-electron chi connectivity index (χ0n) is 24.7. The third-order valence-electron chi connectivity index (χ3n) is 10.3. The molecule has 0 unspecified atom stereocenters. The molecule has 214 valence electrons. The summed E-state index contributed by atoms with van der Waals surface area (Å²) in [6, 6.07) is 54.5. The number of ether oxygens (including phenoxy) is 1. The highest BCUT2D eigenvalue weighted by atomic mass is 16.5. The van der Waals surface area contributed by atoms with Gasteiger partial charge in [-0.25, -0.2) is 0 Å². The molecule has 0 atom stereocenters. The Morgan fingerprint density at radius 3 is 1.93 bits per heavy atom. The van der Waals surface area contributed by atoms with Gasteiger partial charge in [-0.05, 0) is 58.7 Å². The quantitative estimate of drug-likeness (QED) is 0.191. The van der Waals surface area contributed by atoms with Crippen molar-refractivity contribution in [3.8, 4) is 28.3 Å². The van der Waals surface area contributed by atoms with Crippen LogP contribution in [0.3, 0.4) is 0 Å². The van der Waals surface area contributed by atoms with Crippen molar-refractivity contribution < 1.29 is 9.15 Å². The van der Waals surface area contributed by atoms with Gasteiger partial charge in [-0.2, -0.15) is 0 Å². The predicted molar refractivity (Wildman–Crippen MR) is 185 cm³/mol. The van der Waals surface area contributed by atoms with Crippen LogP contribution in [0.2, 0.25) is 0 Å². The van der Waals surface area contributed by atoms with Gasteiger partial charge >= 0.3 is 0 Å². The maximum absolute atomic E-state index is 7.10. The molecule has 0 fully saturated rings. The SMILES string of the molecule is c1ccc2c(c1)Oc1c(ccc3c4ccccc4n(-c4ccc5oc6ccccc6c5c4)c13)C21c2ccccc2-c2ccccc21. The van der Waals surface area contributed by atoms with Crippen LogP contribution in [0.5, 0.6) is 11.5 Å². The first-order valence-electron chi connectivity index (χ1n) is 15.8. The molecule has 1 aliphatic carbocycles. The number of rotatable bonds is 1. The lowest BCUT2D eigenvalue weighted by Gasteiger charge is -2.39. The Morgan fingerprint density at radius 1 is 0.457 bits per heavy atom. The monoisotopic (exact) mass is 587 g/mol. The Bertz CT molecular complexity index is 2700. The number of para-hydroxylation sites is 3. The van der Waals surface area contributed by atoms with Gasteiger partial charge in [0, 0.05) is 38.4 Å². The second-order valence-electron chi connectivity index (χ2n) is 12.4. The summed E-state index contributed by atoms with van der Waals surface area (Å²) in [5, 5.41) is 4.58. The molecule has 2 aliphatic rings. The predicted octanol–water partition coefficient (Wildman–Crippen LogP) is 11.2. The summed E-state index contributed by atoms with van der Waals surface area (Å²) in [5.74, 6) is 1.79. The van der Waals surface area contributed by atoms with Crippen molar-refractivity contribution in [2.24, 2.45) is 0 Å². The van der Waals surface area contributed by atoms with Gasteiger partial charge in [0.15, 0.2) is 5.75 Å². The molecule has 3 nitrogen and oxygen atoms in total. The van der Waals surface area contributed by atoms with E-state index in [0.717, 1.165) is 55.7 Å². The van der Waals surface area contributed by atoms with E-state index in [1.54, 1.807) is 0 Å². The smallest absolute Gasteiger partial charge is 0.156 e. The van der Waals surface area contributed by atoms with Crippen LogP contribution in [0.4, 0.5) is 0 Å². The molecule has 3 heteroatoms. The fraction of sp³-hybridized carbons (Fsp3) is 0.0233. The fourth-order valence-corrected chi connectivity index (χ4v) is 8.48. The van der Waals surface area contributed by atoms with Crippen LogP contribution in [0, 0.1) is 0 Å². The van der Waals surface area contributed by atoms with Crippen LogP contribution in [-0.4, -0.2) is 4.57 Å². The molecule has 9 aromatic rings. The van der Waals surface area contributed by atoms with Gasteiger partial charge < -0.3 is 13.7 Å². The lowest BCUT2D eigenvalue weighted by Crippen LogP contribution is -2.32. The van der Waals surface area contributed by atoms with Gasteiger partial charge in [-0.3, -0.25) is 0 Å². The van der Waals surface area contributed by atoms with Crippen LogP contribution in [0.25, 0.3) is 60.6 Å². The number of hydrogen-bond donors (Lipinski definition) is 0. The van der Waals surface area contributed by atoms with Gasteiger partial charge in [0.05, 0.1) is 16.4 Å². The molecule has 0 saturated carbocycles. The summed E-state index contributed by atoms with van der Waals surface area (Å²) < 4.78 is 15.7. The number of nitrogens with zero attached hydrogens (tertiary/aromatic N) is 1. The number of benzene rings is 7. The summed E-state index contributed by atoms with van der Waals surface area (Å²) >= 11 is 0. The minimum Gasteiger partial charge on any atom is -0.456 e. The first kappa shape index (κ1) is 24.3. The first-order chi connectivity index (χ1) is 22.8. The molecule has 1 spiro atoms. The van der Waals surface area contributed by atoms with Crippen molar-refractivity contribution in [3.63, 3.8) is 0 Å². The minimum atomic E-state index is -0.516. The lowest BCUT2D eigenvalue weighted by atomic mass is 9.66. The van der Waals surface area contributed by atoms with Crippen molar-refractivity contribution in [2.75, 3.05) is 0 Å². The summed E-state index contributed by atoms with van der Waals surface area (Å²) in [6.07, 6.45) is 0. The second kappa shape index (κ2) is 8.56. The van der Waals surface area contributed by atoms with E-state index < -0.39 is 5.41 Å². The van der Waals surface area contributed by atoms with Crippen molar-refractivity contribution in [1.29, 1.82) is 0 Å². The molecule has 0 amide bonds. The molecule has 46 heavy (non-hydrogen) atoms. The van der Waals surface area contributed by atoms with Crippen molar-refractivity contribution in [1.82, 2.24) is 4.57 Å². The average molecular weight is 588 g/mol. The molecule has 0 radical (unpaired) electrons. The zero-order chi connectivity index (χ0) is 30.0. The van der Waals surface area contributed by atoms with Crippen LogP contribution in [-0.2, 0) is 5.41 Å². The Morgan fingerprint density at radius 2 is 1.11 bits per heavy atom. The van der Waals surface area contributed by atoms with E-state index >= 15 is 0 Å². The van der Waals surface area contributed by atoms with E-state index in [1.165, 1.54) is 38.6 Å². The first-order valence-corrected chi connectivity index (χ1v) is 15.8. The van der Waals surface area contributed by atoms with E-state index in [1.807, 2.05) is 12.1 Å². The lowest BCUT2D eigenvalue weighted by molar-refractivity contribution is 0.440. The second-order valence-corrected chi connectivity index (χ2v) is 12.4.